The van der Waals surface area contributed by atoms with E-state index in [1.54, 1.807) is 0 Å². The molecular formula is C16H17BrO. The minimum absolute atomic E-state index is 0.257. The molecule has 0 heterocycles. The molecule has 0 fully saturated rings. The van der Waals surface area contributed by atoms with Gasteiger partial charge in [0.05, 0.1) is 0 Å². The lowest BCUT2D eigenvalue weighted by atomic mass is 9.96. The number of carbonyl (C=O) groups is 1. The third-order valence-corrected chi connectivity index (χ3v) is 3.79. The summed E-state index contributed by atoms with van der Waals surface area (Å²) in [4.78, 5) is 12.2. The first-order valence-corrected chi connectivity index (χ1v) is 7.43. The number of benzene rings is 2. The average Bonchev–Trinajstić information content (AvgIpc) is 2.39. The van der Waals surface area contributed by atoms with Gasteiger partial charge < -0.3 is 0 Å². The van der Waals surface area contributed by atoms with Gasteiger partial charge in [0, 0.05) is 17.3 Å². The quantitative estimate of drug-likeness (QED) is 0.436. The molecule has 0 N–H and O–H groups in total. The van der Waals surface area contributed by atoms with Crippen molar-refractivity contribution < 1.29 is 4.79 Å². The van der Waals surface area contributed by atoms with Crippen LogP contribution in [0.2, 0.25) is 0 Å². The summed E-state index contributed by atoms with van der Waals surface area (Å²) >= 11 is 3.39. The fourth-order valence-electron chi connectivity index (χ4n) is 2.21. The second-order valence-corrected chi connectivity index (χ2v) is 5.34. The number of hydrogen-bond donors (Lipinski definition) is 0. The van der Waals surface area contributed by atoms with Gasteiger partial charge >= 0.3 is 0 Å². The molecule has 94 valence electrons. The number of hydrogen-bond acceptors (Lipinski definition) is 1. The van der Waals surface area contributed by atoms with Crippen molar-refractivity contribution in [2.75, 3.05) is 5.33 Å². The molecule has 0 bridgehead atoms. The van der Waals surface area contributed by atoms with Crippen molar-refractivity contribution in [1.82, 2.24) is 0 Å². The fourth-order valence-corrected chi connectivity index (χ4v) is 2.60. The van der Waals surface area contributed by atoms with Crippen molar-refractivity contribution in [1.29, 1.82) is 0 Å². The molecule has 2 aromatic carbocycles. The number of ketones is 1. The van der Waals surface area contributed by atoms with Crippen LogP contribution in [0.5, 0.6) is 0 Å². The molecule has 2 rings (SSSR count). The van der Waals surface area contributed by atoms with Gasteiger partial charge in [-0.25, -0.2) is 0 Å². The van der Waals surface area contributed by atoms with Gasteiger partial charge in [-0.15, -0.1) is 0 Å². The number of alkyl halides is 1. The number of Topliss-reactive ketones (excluding diaryl/α,β-unsaturated/α-hetero) is 1. The van der Waals surface area contributed by atoms with Gasteiger partial charge in [0.25, 0.3) is 0 Å². The molecule has 0 amide bonds. The van der Waals surface area contributed by atoms with Crippen LogP contribution in [0.1, 0.15) is 35.2 Å². The number of rotatable bonds is 5. The van der Waals surface area contributed by atoms with Crippen molar-refractivity contribution >= 4 is 32.5 Å². The van der Waals surface area contributed by atoms with Gasteiger partial charge in [-0.3, -0.25) is 4.79 Å². The van der Waals surface area contributed by atoms with E-state index >= 15 is 0 Å². The lowest BCUT2D eigenvalue weighted by Gasteiger charge is -2.08. The van der Waals surface area contributed by atoms with E-state index in [-0.39, 0.29) is 5.78 Å². The first kappa shape index (κ1) is 13.3. The molecule has 0 unspecified atom stereocenters. The number of aryl methyl sites for hydroxylation is 1. The van der Waals surface area contributed by atoms with Crippen LogP contribution in [-0.2, 0) is 0 Å². The predicted octanol–water partition coefficient (Wildman–Crippen LogP) is 4.90. The van der Waals surface area contributed by atoms with E-state index in [0.717, 1.165) is 29.1 Å². The zero-order chi connectivity index (χ0) is 13.0. The molecule has 2 aromatic rings. The lowest BCUT2D eigenvalue weighted by molar-refractivity contribution is 0.0981. The molecule has 0 saturated heterocycles. The smallest absolute Gasteiger partial charge is 0.163 e. The highest BCUT2D eigenvalue weighted by molar-refractivity contribution is 9.09. The second kappa shape index (κ2) is 6.14. The lowest BCUT2D eigenvalue weighted by Crippen LogP contribution is -2.00. The van der Waals surface area contributed by atoms with Crippen molar-refractivity contribution in [3.05, 3.63) is 47.5 Å². The number of carbonyl (C=O) groups excluding carboxylic acids is 1. The predicted molar refractivity (Wildman–Crippen MR) is 80.7 cm³/mol. The second-order valence-electron chi connectivity index (χ2n) is 4.54. The SMILES string of the molecule is Cc1ccc(C(=O)CCCCBr)c2ccccc12. The Balaban J connectivity index is 2.33. The normalized spacial score (nSPS) is 10.8. The third-order valence-electron chi connectivity index (χ3n) is 3.23. The molecule has 0 atom stereocenters. The monoisotopic (exact) mass is 304 g/mol. The molecule has 0 aromatic heterocycles. The number of fused-ring (bicyclic) bond motifs is 1. The van der Waals surface area contributed by atoms with Crippen molar-refractivity contribution in [2.45, 2.75) is 26.2 Å². The highest BCUT2D eigenvalue weighted by atomic mass is 79.9. The topological polar surface area (TPSA) is 17.1 Å². The first-order chi connectivity index (χ1) is 8.74. The summed E-state index contributed by atoms with van der Waals surface area (Å²) in [5, 5.41) is 3.24. The Bertz CT molecular complexity index is 560. The minimum Gasteiger partial charge on any atom is -0.294 e. The molecule has 1 nitrogen and oxygen atoms in total. The summed E-state index contributed by atoms with van der Waals surface area (Å²) in [6.07, 6.45) is 2.64. The van der Waals surface area contributed by atoms with E-state index < -0.39 is 0 Å². The van der Waals surface area contributed by atoms with Crippen molar-refractivity contribution in [3.8, 4) is 0 Å². The molecular weight excluding hydrogens is 288 g/mol. The summed E-state index contributed by atoms with van der Waals surface area (Å²) in [5.41, 5.74) is 2.09. The van der Waals surface area contributed by atoms with Crippen molar-refractivity contribution in [2.24, 2.45) is 0 Å². The van der Waals surface area contributed by atoms with Gasteiger partial charge in [-0.2, -0.15) is 0 Å². The van der Waals surface area contributed by atoms with Gasteiger partial charge in [0.1, 0.15) is 0 Å². The minimum atomic E-state index is 0.257. The van der Waals surface area contributed by atoms with Crippen LogP contribution >= 0.6 is 15.9 Å². The van der Waals surface area contributed by atoms with Crippen LogP contribution in [0.3, 0.4) is 0 Å². The Hall–Kier alpha value is -1.15. The highest BCUT2D eigenvalue weighted by Gasteiger charge is 2.10. The maximum Gasteiger partial charge on any atom is 0.163 e. The highest BCUT2D eigenvalue weighted by Crippen LogP contribution is 2.23. The third kappa shape index (κ3) is 2.81. The summed E-state index contributed by atoms with van der Waals surface area (Å²) in [5.74, 6) is 0.257. The van der Waals surface area contributed by atoms with Crippen molar-refractivity contribution in [3.63, 3.8) is 0 Å². The summed E-state index contributed by atoms with van der Waals surface area (Å²) in [7, 11) is 0. The van der Waals surface area contributed by atoms with E-state index in [4.69, 9.17) is 0 Å². The Kier molecular flexibility index (Phi) is 4.54. The summed E-state index contributed by atoms with van der Waals surface area (Å²) in [6, 6.07) is 12.2. The van der Waals surface area contributed by atoms with Crippen LogP contribution in [0.4, 0.5) is 0 Å². The Labute approximate surface area is 116 Å². The molecule has 0 radical (unpaired) electrons. The standard InChI is InChI=1S/C16H17BrO/c1-12-9-10-15(16(18)8-4-5-11-17)14-7-3-2-6-13(12)14/h2-3,6-7,9-10H,4-5,8,11H2,1H3. The molecule has 0 aliphatic rings. The number of halogens is 1. The van der Waals surface area contributed by atoms with E-state index in [2.05, 4.69) is 28.9 Å². The van der Waals surface area contributed by atoms with E-state index in [9.17, 15) is 4.79 Å². The fraction of sp³-hybridized carbons (Fsp3) is 0.312. The summed E-state index contributed by atoms with van der Waals surface area (Å²) < 4.78 is 0. The zero-order valence-electron chi connectivity index (χ0n) is 10.6. The van der Waals surface area contributed by atoms with Crippen LogP contribution < -0.4 is 0 Å². The first-order valence-electron chi connectivity index (χ1n) is 6.31. The van der Waals surface area contributed by atoms with Gasteiger partial charge in [0.15, 0.2) is 5.78 Å². The van der Waals surface area contributed by atoms with Gasteiger partial charge in [-0.05, 0) is 36.1 Å². The van der Waals surface area contributed by atoms with E-state index in [1.165, 1.54) is 10.9 Å². The molecule has 0 saturated carbocycles. The van der Waals surface area contributed by atoms with Crippen LogP contribution in [-0.4, -0.2) is 11.1 Å². The Morgan fingerprint density at radius 1 is 1.06 bits per heavy atom. The largest absolute Gasteiger partial charge is 0.294 e. The Morgan fingerprint density at radius 3 is 2.50 bits per heavy atom. The molecule has 0 spiro atoms. The van der Waals surface area contributed by atoms with Gasteiger partial charge in [0.2, 0.25) is 0 Å². The Morgan fingerprint density at radius 2 is 1.78 bits per heavy atom. The number of unbranched alkanes of at least 4 members (excludes halogenated alkanes) is 1. The average molecular weight is 305 g/mol. The molecule has 2 heteroatoms. The summed E-state index contributed by atoms with van der Waals surface area (Å²) in [6.45, 7) is 2.08. The van der Waals surface area contributed by atoms with E-state index in [1.807, 2.05) is 30.3 Å². The zero-order valence-corrected chi connectivity index (χ0v) is 12.2. The van der Waals surface area contributed by atoms with E-state index in [0.29, 0.717) is 6.42 Å². The van der Waals surface area contributed by atoms with Crippen LogP contribution in [0.25, 0.3) is 10.8 Å². The van der Waals surface area contributed by atoms with Crippen LogP contribution in [0.15, 0.2) is 36.4 Å². The maximum atomic E-state index is 12.2. The maximum absolute atomic E-state index is 12.2. The van der Waals surface area contributed by atoms with Gasteiger partial charge in [-0.1, -0.05) is 52.3 Å². The molecule has 0 aliphatic heterocycles. The van der Waals surface area contributed by atoms with Crippen LogP contribution in [0, 0.1) is 6.92 Å². The molecule has 0 aliphatic carbocycles. The molecule has 18 heavy (non-hydrogen) atoms.